The van der Waals surface area contributed by atoms with Gasteiger partial charge in [0.1, 0.15) is 11.8 Å². The zero-order valence-electron chi connectivity index (χ0n) is 11.7. The van der Waals surface area contributed by atoms with Gasteiger partial charge in [0, 0.05) is 5.02 Å². The van der Waals surface area contributed by atoms with Crippen LogP contribution in [0.4, 0.5) is 0 Å². The van der Waals surface area contributed by atoms with Crippen molar-refractivity contribution in [2.24, 2.45) is 0 Å². The number of amides is 1. The number of aliphatic carboxylic acids is 1. The van der Waals surface area contributed by atoms with Crippen LogP contribution in [0.2, 0.25) is 5.02 Å². The van der Waals surface area contributed by atoms with Crippen LogP contribution in [0.15, 0.2) is 22.7 Å². The van der Waals surface area contributed by atoms with Crippen LogP contribution in [0.25, 0.3) is 0 Å². The van der Waals surface area contributed by atoms with E-state index < -0.39 is 24.0 Å². The van der Waals surface area contributed by atoms with Gasteiger partial charge in [-0.15, -0.1) is 0 Å². The second-order valence-corrected chi connectivity index (χ2v) is 5.81. The van der Waals surface area contributed by atoms with Gasteiger partial charge in [0.15, 0.2) is 6.10 Å². The molecular weight excluding hydrogens is 362 g/mol. The molecule has 2 N–H and O–H groups in total. The Kier molecular flexibility index (Phi) is 6.98. The summed E-state index contributed by atoms with van der Waals surface area (Å²) in [4.78, 5) is 23.0. The number of hydrogen-bond donors (Lipinski definition) is 2. The topological polar surface area (TPSA) is 75.6 Å². The second kappa shape index (κ2) is 8.24. The van der Waals surface area contributed by atoms with Crippen molar-refractivity contribution in [1.82, 2.24) is 5.32 Å². The lowest BCUT2D eigenvalue weighted by Crippen LogP contribution is -2.46. The normalized spacial score (nSPS) is 13.3. The van der Waals surface area contributed by atoms with Gasteiger partial charge in [0.05, 0.1) is 4.47 Å². The fourth-order valence-electron chi connectivity index (χ4n) is 1.65. The van der Waals surface area contributed by atoms with Gasteiger partial charge in [0.2, 0.25) is 0 Å². The minimum absolute atomic E-state index is 0.373. The molecule has 0 aromatic heterocycles. The third-order valence-corrected chi connectivity index (χ3v) is 3.61. The fourth-order valence-corrected chi connectivity index (χ4v) is 2.43. The van der Waals surface area contributed by atoms with Crippen molar-refractivity contribution in [2.75, 3.05) is 0 Å². The van der Waals surface area contributed by atoms with Crippen LogP contribution in [-0.2, 0) is 9.59 Å². The molecule has 21 heavy (non-hydrogen) atoms. The summed E-state index contributed by atoms with van der Waals surface area (Å²) in [6, 6.07) is 4.03. The Bertz CT molecular complexity index is 524. The molecule has 1 aromatic carbocycles. The number of rotatable bonds is 7. The lowest BCUT2D eigenvalue weighted by atomic mass is 10.1. The molecule has 0 aliphatic heterocycles. The third-order valence-electron chi connectivity index (χ3n) is 2.76. The maximum Gasteiger partial charge on any atom is 0.326 e. The average Bonchev–Trinajstić information content (AvgIpc) is 2.41. The van der Waals surface area contributed by atoms with E-state index in [1.165, 1.54) is 0 Å². The molecule has 0 spiro atoms. The number of benzene rings is 1. The summed E-state index contributed by atoms with van der Waals surface area (Å²) in [5, 5.41) is 12.0. The van der Waals surface area contributed by atoms with Crippen LogP contribution in [-0.4, -0.2) is 29.1 Å². The predicted octanol–water partition coefficient (Wildman–Crippen LogP) is 3.24. The summed E-state index contributed by atoms with van der Waals surface area (Å²) in [6.07, 6.45) is 0.217. The monoisotopic (exact) mass is 377 g/mol. The molecule has 0 heterocycles. The number of carbonyl (C=O) groups excluding carboxylic acids is 1. The molecule has 0 radical (unpaired) electrons. The molecule has 1 unspecified atom stereocenters. The lowest BCUT2D eigenvalue weighted by molar-refractivity contribution is -0.143. The number of hydrogen-bond acceptors (Lipinski definition) is 3. The fraction of sp³-hybridized carbons (Fsp3) is 0.429. The Balaban J connectivity index is 2.67. The molecule has 0 bridgehead atoms. The van der Waals surface area contributed by atoms with E-state index in [-0.39, 0.29) is 0 Å². The van der Waals surface area contributed by atoms with Gasteiger partial charge in [-0.2, -0.15) is 0 Å². The first-order chi connectivity index (χ1) is 9.85. The number of halogens is 2. The van der Waals surface area contributed by atoms with Gasteiger partial charge in [-0.1, -0.05) is 24.9 Å². The number of ether oxygens (including phenoxy) is 1. The van der Waals surface area contributed by atoms with Gasteiger partial charge >= 0.3 is 5.97 Å². The van der Waals surface area contributed by atoms with Crippen molar-refractivity contribution in [3.63, 3.8) is 0 Å². The van der Waals surface area contributed by atoms with Crippen molar-refractivity contribution < 1.29 is 19.4 Å². The molecule has 2 atom stereocenters. The average molecular weight is 379 g/mol. The van der Waals surface area contributed by atoms with E-state index >= 15 is 0 Å². The molecule has 116 valence electrons. The molecule has 0 saturated heterocycles. The summed E-state index contributed by atoms with van der Waals surface area (Å²) < 4.78 is 6.13. The largest absolute Gasteiger partial charge is 0.480 e. The minimum Gasteiger partial charge on any atom is -0.480 e. The van der Waals surface area contributed by atoms with Crippen LogP contribution in [0.3, 0.4) is 0 Å². The highest BCUT2D eigenvalue weighted by Crippen LogP contribution is 2.28. The first-order valence-electron chi connectivity index (χ1n) is 6.50. The smallest absolute Gasteiger partial charge is 0.326 e. The lowest BCUT2D eigenvalue weighted by Gasteiger charge is -2.19. The van der Waals surface area contributed by atoms with Gasteiger partial charge in [-0.3, -0.25) is 4.79 Å². The molecule has 0 aliphatic carbocycles. The molecular formula is C14H17BrClNO4. The SMILES string of the molecule is CCC[C@@H](NC(=O)C(C)Oc1ccc(Cl)cc1Br)C(=O)O. The van der Waals surface area contributed by atoms with E-state index in [0.29, 0.717) is 28.1 Å². The van der Waals surface area contributed by atoms with E-state index in [2.05, 4.69) is 21.2 Å². The highest BCUT2D eigenvalue weighted by Gasteiger charge is 2.23. The van der Waals surface area contributed by atoms with Crippen molar-refractivity contribution in [3.8, 4) is 5.75 Å². The van der Waals surface area contributed by atoms with E-state index in [4.69, 9.17) is 21.4 Å². The van der Waals surface area contributed by atoms with Crippen molar-refractivity contribution in [3.05, 3.63) is 27.7 Å². The molecule has 0 aliphatic rings. The molecule has 1 amide bonds. The Morgan fingerprint density at radius 1 is 1.48 bits per heavy atom. The van der Waals surface area contributed by atoms with Crippen LogP contribution in [0.1, 0.15) is 26.7 Å². The molecule has 1 rings (SSSR count). The van der Waals surface area contributed by atoms with Crippen molar-refractivity contribution >= 4 is 39.4 Å². The first kappa shape index (κ1) is 17.8. The summed E-state index contributed by atoms with van der Waals surface area (Å²) in [7, 11) is 0. The maximum atomic E-state index is 12.0. The van der Waals surface area contributed by atoms with Gasteiger partial charge in [-0.25, -0.2) is 4.79 Å². The minimum atomic E-state index is -1.05. The zero-order chi connectivity index (χ0) is 16.0. The van der Waals surface area contributed by atoms with Gasteiger partial charge in [0.25, 0.3) is 5.91 Å². The van der Waals surface area contributed by atoms with Crippen LogP contribution >= 0.6 is 27.5 Å². The van der Waals surface area contributed by atoms with Crippen LogP contribution in [0, 0.1) is 0 Å². The van der Waals surface area contributed by atoms with E-state index in [9.17, 15) is 9.59 Å². The van der Waals surface area contributed by atoms with Gasteiger partial charge < -0.3 is 15.2 Å². The summed E-state index contributed by atoms with van der Waals surface area (Å²) in [5.74, 6) is -1.06. The quantitative estimate of drug-likeness (QED) is 0.764. The van der Waals surface area contributed by atoms with E-state index in [1.807, 2.05) is 6.92 Å². The first-order valence-corrected chi connectivity index (χ1v) is 7.67. The summed E-state index contributed by atoms with van der Waals surface area (Å²) in [6.45, 7) is 3.41. The van der Waals surface area contributed by atoms with Gasteiger partial charge in [-0.05, 0) is 47.5 Å². The molecule has 0 fully saturated rings. The predicted molar refractivity (Wildman–Crippen MR) is 83.7 cm³/mol. The molecule has 5 nitrogen and oxygen atoms in total. The van der Waals surface area contributed by atoms with Crippen LogP contribution in [0.5, 0.6) is 5.75 Å². The van der Waals surface area contributed by atoms with Crippen molar-refractivity contribution in [1.29, 1.82) is 0 Å². The highest BCUT2D eigenvalue weighted by molar-refractivity contribution is 9.10. The number of carboxylic acids is 1. The zero-order valence-corrected chi connectivity index (χ0v) is 14.1. The second-order valence-electron chi connectivity index (χ2n) is 4.52. The molecule has 1 aromatic rings. The van der Waals surface area contributed by atoms with E-state index in [1.54, 1.807) is 25.1 Å². The summed E-state index contributed by atoms with van der Waals surface area (Å²) >= 11 is 9.11. The van der Waals surface area contributed by atoms with E-state index in [0.717, 1.165) is 0 Å². The summed E-state index contributed by atoms with van der Waals surface area (Å²) in [5.41, 5.74) is 0. The Morgan fingerprint density at radius 3 is 2.67 bits per heavy atom. The molecule has 0 saturated carbocycles. The highest BCUT2D eigenvalue weighted by atomic mass is 79.9. The number of carboxylic acid groups (broad SMARTS) is 1. The number of nitrogens with one attached hydrogen (secondary N) is 1. The number of carbonyl (C=O) groups is 2. The van der Waals surface area contributed by atoms with Crippen LogP contribution < -0.4 is 10.1 Å². The Hall–Kier alpha value is -1.27. The standard InChI is InChI=1S/C14H17BrClNO4/c1-3-4-11(14(19)20)17-13(18)8(2)21-12-6-5-9(16)7-10(12)15/h5-8,11H,3-4H2,1-2H3,(H,17,18)(H,19,20)/t8?,11-/m1/s1. The maximum absolute atomic E-state index is 12.0. The Labute approximate surface area is 136 Å². The van der Waals surface area contributed by atoms with Crippen molar-refractivity contribution in [2.45, 2.75) is 38.8 Å². The molecule has 7 heteroatoms. The Morgan fingerprint density at radius 2 is 2.14 bits per heavy atom. The third kappa shape index (κ3) is 5.55.